The Morgan fingerprint density at radius 3 is 2.67 bits per heavy atom. The van der Waals surface area contributed by atoms with Crippen molar-refractivity contribution < 1.29 is 19.7 Å². The summed E-state index contributed by atoms with van der Waals surface area (Å²) < 4.78 is 5.13. The largest absolute Gasteiger partial charge is 0.481 e. The van der Waals surface area contributed by atoms with E-state index < -0.39 is 17.5 Å². The van der Waals surface area contributed by atoms with Crippen LogP contribution in [-0.4, -0.2) is 34.5 Å². The second kappa shape index (κ2) is 3.03. The van der Waals surface area contributed by atoms with Gasteiger partial charge in [-0.3, -0.25) is 4.79 Å². The molecule has 70 valence electrons. The summed E-state index contributed by atoms with van der Waals surface area (Å²) >= 11 is 0. The van der Waals surface area contributed by atoms with Gasteiger partial charge < -0.3 is 14.9 Å². The second-order valence-corrected chi connectivity index (χ2v) is 3.31. The molecule has 0 aliphatic carbocycles. The van der Waals surface area contributed by atoms with Gasteiger partial charge in [0.15, 0.2) is 0 Å². The summed E-state index contributed by atoms with van der Waals surface area (Å²) in [6.07, 6.45) is 0.0188. The van der Waals surface area contributed by atoms with Gasteiger partial charge in [-0.15, -0.1) is 0 Å². The lowest BCUT2D eigenvalue weighted by molar-refractivity contribution is -0.154. The van der Waals surface area contributed by atoms with Crippen LogP contribution in [0.1, 0.15) is 20.3 Å². The fraction of sp³-hybridized carbons (Fsp3) is 0.875. The molecule has 1 aliphatic rings. The highest BCUT2D eigenvalue weighted by molar-refractivity contribution is 5.71. The minimum Gasteiger partial charge on any atom is -0.481 e. The van der Waals surface area contributed by atoms with Crippen LogP contribution in [0.25, 0.3) is 0 Å². The van der Waals surface area contributed by atoms with Crippen LogP contribution >= 0.6 is 0 Å². The summed E-state index contributed by atoms with van der Waals surface area (Å²) in [5.74, 6) is -1.75. The van der Waals surface area contributed by atoms with Gasteiger partial charge in [0.2, 0.25) is 0 Å². The molecule has 3 atom stereocenters. The third kappa shape index (κ3) is 1.32. The average molecular weight is 174 g/mol. The molecule has 12 heavy (non-hydrogen) atoms. The van der Waals surface area contributed by atoms with Crippen molar-refractivity contribution in [3.05, 3.63) is 0 Å². The Morgan fingerprint density at radius 1 is 1.75 bits per heavy atom. The zero-order valence-corrected chi connectivity index (χ0v) is 7.28. The summed E-state index contributed by atoms with van der Waals surface area (Å²) in [6, 6.07) is 0. The van der Waals surface area contributed by atoms with E-state index in [1.165, 1.54) is 6.92 Å². The highest BCUT2D eigenvalue weighted by Gasteiger charge is 2.47. The molecule has 1 fully saturated rings. The molecule has 0 aromatic rings. The molecule has 4 heteroatoms. The van der Waals surface area contributed by atoms with Crippen molar-refractivity contribution in [2.24, 2.45) is 5.92 Å². The smallest absolute Gasteiger partial charge is 0.309 e. The lowest BCUT2D eigenvalue weighted by Gasteiger charge is -2.29. The van der Waals surface area contributed by atoms with E-state index in [1.807, 2.05) is 0 Å². The van der Waals surface area contributed by atoms with Crippen molar-refractivity contribution in [3.8, 4) is 0 Å². The van der Waals surface area contributed by atoms with E-state index in [-0.39, 0.29) is 6.10 Å². The molecule has 0 aromatic carbocycles. The maximum atomic E-state index is 10.6. The van der Waals surface area contributed by atoms with E-state index in [1.54, 1.807) is 6.92 Å². The number of rotatable bonds is 2. The van der Waals surface area contributed by atoms with Gasteiger partial charge in [0.05, 0.1) is 12.0 Å². The molecule has 1 saturated heterocycles. The van der Waals surface area contributed by atoms with Gasteiger partial charge in [-0.2, -0.15) is 0 Å². The van der Waals surface area contributed by atoms with E-state index in [2.05, 4.69) is 0 Å². The van der Waals surface area contributed by atoms with Crippen LogP contribution in [0.4, 0.5) is 0 Å². The molecule has 0 saturated carbocycles. The molecular formula is C8H14O4. The predicted octanol–water partition coefficient (Wildman–Crippen LogP) is 0.247. The number of carbonyl (C=O) groups is 1. The van der Waals surface area contributed by atoms with Crippen LogP contribution in [-0.2, 0) is 9.53 Å². The molecule has 2 N–H and O–H groups in total. The molecule has 0 bridgehead atoms. The molecule has 1 aliphatic heterocycles. The third-order valence-corrected chi connectivity index (χ3v) is 2.69. The Labute approximate surface area is 71.2 Å². The zero-order chi connectivity index (χ0) is 9.35. The van der Waals surface area contributed by atoms with Crippen molar-refractivity contribution >= 4 is 5.97 Å². The first-order chi connectivity index (χ1) is 5.48. The number of hydrogen-bond donors (Lipinski definition) is 2. The molecule has 4 nitrogen and oxygen atoms in total. The predicted molar refractivity (Wildman–Crippen MR) is 41.8 cm³/mol. The summed E-state index contributed by atoms with van der Waals surface area (Å²) in [6.45, 7) is 3.65. The molecule has 1 heterocycles. The minimum absolute atomic E-state index is 0.386. The number of ether oxygens (including phenoxy) is 1. The summed E-state index contributed by atoms with van der Waals surface area (Å²) in [5, 5.41) is 18.6. The van der Waals surface area contributed by atoms with Crippen molar-refractivity contribution in [2.45, 2.75) is 32.0 Å². The third-order valence-electron chi connectivity index (χ3n) is 2.69. The molecule has 0 aromatic heterocycles. The molecular weight excluding hydrogens is 160 g/mol. The first kappa shape index (κ1) is 9.48. The molecule has 0 spiro atoms. The fourth-order valence-electron chi connectivity index (χ4n) is 1.53. The quantitative estimate of drug-likeness (QED) is 0.629. The van der Waals surface area contributed by atoms with Crippen LogP contribution in [0.2, 0.25) is 0 Å². The maximum Gasteiger partial charge on any atom is 0.309 e. The van der Waals surface area contributed by atoms with Crippen LogP contribution in [0.3, 0.4) is 0 Å². The maximum absolute atomic E-state index is 10.6. The van der Waals surface area contributed by atoms with Crippen molar-refractivity contribution in [2.75, 3.05) is 6.61 Å². The SMILES string of the molecule is CC1OCCC1(O)C(C)C(=O)O. The molecule has 1 rings (SSSR count). The standard InChI is InChI=1S/C8H14O4/c1-5(7(9)10)8(11)3-4-12-6(8)2/h5-6,11H,3-4H2,1-2H3,(H,9,10). The Balaban J connectivity index is 2.76. The fourth-order valence-corrected chi connectivity index (χ4v) is 1.53. The van der Waals surface area contributed by atoms with E-state index in [9.17, 15) is 9.90 Å². The molecule has 0 radical (unpaired) electrons. The number of aliphatic hydroxyl groups is 1. The number of carboxylic acids is 1. The van der Waals surface area contributed by atoms with E-state index in [0.717, 1.165) is 0 Å². The van der Waals surface area contributed by atoms with Crippen molar-refractivity contribution in [1.29, 1.82) is 0 Å². The number of aliphatic carboxylic acids is 1. The van der Waals surface area contributed by atoms with Gasteiger partial charge in [0.1, 0.15) is 5.60 Å². The number of carboxylic acid groups (broad SMARTS) is 1. The summed E-state index contributed by atoms with van der Waals surface area (Å²) in [5.41, 5.74) is -1.19. The van der Waals surface area contributed by atoms with Gasteiger partial charge in [-0.1, -0.05) is 0 Å². The first-order valence-corrected chi connectivity index (χ1v) is 4.05. The Morgan fingerprint density at radius 2 is 2.33 bits per heavy atom. The minimum atomic E-state index is -1.19. The van der Waals surface area contributed by atoms with Crippen LogP contribution < -0.4 is 0 Å². The van der Waals surface area contributed by atoms with Gasteiger partial charge >= 0.3 is 5.97 Å². The van der Waals surface area contributed by atoms with E-state index in [0.29, 0.717) is 13.0 Å². The van der Waals surface area contributed by atoms with Gasteiger partial charge in [0.25, 0.3) is 0 Å². The summed E-state index contributed by atoms with van der Waals surface area (Å²) in [4.78, 5) is 10.6. The second-order valence-electron chi connectivity index (χ2n) is 3.31. The summed E-state index contributed by atoms with van der Waals surface area (Å²) in [7, 11) is 0. The Bertz CT molecular complexity index is 191. The van der Waals surface area contributed by atoms with Gasteiger partial charge in [-0.25, -0.2) is 0 Å². The Hall–Kier alpha value is -0.610. The van der Waals surface area contributed by atoms with Crippen molar-refractivity contribution in [1.82, 2.24) is 0 Å². The van der Waals surface area contributed by atoms with E-state index >= 15 is 0 Å². The van der Waals surface area contributed by atoms with Crippen LogP contribution in [0, 0.1) is 5.92 Å². The van der Waals surface area contributed by atoms with Gasteiger partial charge in [0, 0.05) is 13.0 Å². The lowest BCUT2D eigenvalue weighted by atomic mass is 9.83. The number of hydrogen-bond acceptors (Lipinski definition) is 3. The Kier molecular flexibility index (Phi) is 2.39. The first-order valence-electron chi connectivity index (χ1n) is 4.05. The van der Waals surface area contributed by atoms with Crippen molar-refractivity contribution in [3.63, 3.8) is 0 Å². The van der Waals surface area contributed by atoms with Crippen LogP contribution in [0.5, 0.6) is 0 Å². The normalized spacial score (nSPS) is 38.1. The van der Waals surface area contributed by atoms with E-state index in [4.69, 9.17) is 9.84 Å². The average Bonchev–Trinajstić information content (AvgIpc) is 2.32. The topological polar surface area (TPSA) is 66.8 Å². The highest BCUT2D eigenvalue weighted by Crippen LogP contribution is 2.32. The van der Waals surface area contributed by atoms with Crippen LogP contribution in [0.15, 0.2) is 0 Å². The monoisotopic (exact) mass is 174 g/mol. The lowest BCUT2D eigenvalue weighted by Crippen LogP contribution is -2.46. The molecule has 0 amide bonds. The van der Waals surface area contributed by atoms with Gasteiger partial charge in [-0.05, 0) is 13.8 Å². The highest BCUT2D eigenvalue weighted by atomic mass is 16.5. The molecule has 3 unspecified atom stereocenters. The zero-order valence-electron chi connectivity index (χ0n) is 7.28.